The molecular formula is C15H16N2O3. The summed E-state index contributed by atoms with van der Waals surface area (Å²) in [4.78, 5) is 17.4. The highest BCUT2D eigenvalue weighted by molar-refractivity contribution is 5.85. The van der Waals surface area contributed by atoms with E-state index in [1.54, 1.807) is 6.07 Å². The van der Waals surface area contributed by atoms with Crippen molar-refractivity contribution in [2.24, 2.45) is 0 Å². The molecule has 2 aromatic rings. The van der Waals surface area contributed by atoms with E-state index >= 15 is 0 Å². The lowest BCUT2D eigenvalue weighted by atomic mass is 10.1. The second kappa shape index (κ2) is 5.00. The molecule has 3 rings (SSSR count). The van der Waals surface area contributed by atoms with Crippen LogP contribution in [0.5, 0.6) is 0 Å². The van der Waals surface area contributed by atoms with E-state index in [2.05, 4.69) is 9.88 Å². The molecule has 1 unspecified atom stereocenters. The van der Waals surface area contributed by atoms with Gasteiger partial charge in [-0.05, 0) is 44.0 Å². The highest BCUT2D eigenvalue weighted by Gasteiger charge is 2.29. The molecule has 5 heteroatoms. The number of carbonyl (C=O) groups is 1. The number of furan rings is 1. The first-order valence-electron chi connectivity index (χ1n) is 6.68. The first kappa shape index (κ1) is 12.7. The second-order valence-corrected chi connectivity index (χ2v) is 4.99. The number of aromatic carboxylic acids is 1. The number of nitrogens with zero attached hydrogens (tertiary/aromatic N) is 2. The maximum atomic E-state index is 11.0. The fourth-order valence-corrected chi connectivity index (χ4v) is 2.67. The lowest BCUT2D eigenvalue weighted by Crippen LogP contribution is -2.23. The molecule has 0 saturated carbocycles. The number of pyridine rings is 1. The van der Waals surface area contributed by atoms with E-state index in [1.165, 1.54) is 6.07 Å². The van der Waals surface area contributed by atoms with E-state index in [0.717, 1.165) is 30.9 Å². The number of hydrogen-bond donors (Lipinski definition) is 1. The highest BCUT2D eigenvalue weighted by Crippen LogP contribution is 2.35. The largest absolute Gasteiger partial charge is 0.477 e. The first-order valence-corrected chi connectivity index (χ1v) is 6.68. The van der Waals surface area contributed by atoms with Crippen LogP contribution in [-0.4, -0.2) is 22.6 Å². The number of anilines is 1. The minimum absolute atomic E-state index is 0.0729. The molecule has 104 valence electrons. The van der Waals surface area contributed by atoms with Gasteiger partial charge in [0.05, 0.1) is 6.04 Å². The summed E-state index contributed by atoms with van der Waals surface area (Å²) in [5, 5.41) is 9.04. The number of rotatable bonds is 3. The van der Waals surface area contributed by atoms with E-state index in [1.807, 2.05) is 25.1 Å². The van der Waals surface area contributed by atoms with Gasteiger partial charge in [0.25, 0.3) is 0 Å². The minimum atomic E-state index is -1.00. The van der Waals surface area contributed by atoms with Crippen molar-refractivity contribution in [1.29, 1.82) is 0 Å². The number of hydrogen-bond acceptors (Lipinski definition) is 4. The third-order valence-electron chi connectivity index (χ3n) is 3.59. The number of carboxylic acids is 1. The van der Waals surface area contributed by atoms with Gasteiger partial charge in [-0.25, -0.2) is 9.78 Å². The molecule has 1 aliphatic rings. The zero-order chi connectivity index (χ0) is 14.1. The normalized spacial score (nSPS) is 18.4. The third kappa shape index (κ3) is 2.27. The van der Waals surface area contributed by atoms with Crippen molar-refractivity contribution in [2.75, 3.05) is 11.4 Å². The van der Waals surface area contributed by atoms with Gasteiger partial charge in [-0.1, -0.05) is 6.07 Å². The smallest absolute Gasteiger partial charge is 0.354 e. The van der Waals surface area contributed by atoms with Crippen LogP contribution in [0, 0.1) is 6.92 Å². The SMILES string of the molecule is Cc1ccc(C2CCCN2c2cccc(C(=O)O)n2)o1. The van der Waals surface area contributed by atoms with Gasteiger partial charge in [0.1, 0.15) is 17.3 Å². The van der Waals surface area contributed by atoms with Gasteiger partial charge >= 0.3 is 5.97 Å². The predicted molar refractivity (Wildman–Crippen MR) is 74.0 cm³/mol. The molecule has 20 heavy (non-hydrogen) atoms. The Hall–Kier alpha value is -2.30. The van der Waals surface area contributed by atoms with Crippen LogP contribution in [0.15, 0.2) is 34.7 Å². The molecule has 0 spiro atoms. The van der Waals surface area contributed by atoms with Gasteiger partial charge in [0.15, 0.2) is 5.69 Å². The summed E-state index contributed by atoms with van der Waals surface area (Å²) in [5.41, 5.74) is 0.0729. The molecule has 2 aromatic heterocycles. The molecule has 0 bridgehead atoms. The summed E-state index contributed by atoms with van der Waals surface area (Å²) in [6.45, 7) is 2.78. The molecule has 1 N–H and O–H groups in total. The molecule has 1 aliphatic heterocycles. The molecule has 1 saturated heterocycles. The third-order valence-corrected chi connectivity index (χ3v) is 3.59. The summed E-state index contributed by atoms with van der Waals surface area (Å²) >= 11 is 0. The predicted octanol–water partition coefficient (Wildman–Crippen LogP) is 3.02. The van der Waals surface area contributed by atoms with Crippen LogP contribution in [0.3, 0.4) is 0 Å². The molecule has 1 atom stereocenters. The summed E-state index contributed by atoms with van der Waals surface area (Å²) in [7, 11) is 0. The average molecular weight is 272 g/mol. The summed E-state index contributed by atoms with van der Waals surface area (Å²) in [5.74, 6) is 1.50. The Morgan fingerprint density at radius 3 is 2.95 bits per heavy atom. The minimum Gasteiger partial charge on any atom is -0.477 e. The van der Waals surface area contributed by atoms with E-state index in [-0.39, 0.29) is 11.7 Å². The van der Waals surface area contributed by atoms with E-state index in [9.17, 15) is 4.79 Å². The van der Waals surface area contributed by atoms with Crippen molar-refractivity contribution in [3.8, 4) is 0 Å². The standard InChI is InChI=1S/C15H16N2O3/c1-10-7-8-13(20-10)12-5-3-9-17(12)14-6-2-4-11(16-14)15(18)19/h2,4,6-8,12H,3,5,9H2,1H3,(H,18,19). The van der Waals surface area contributed by atoms with Crippen LogP contribution in [-0.2, 0) is 0 Å². The maximum absolute atomic E-state index is 11.0. The Morgan fingerprint density at radius 1 is 1.40 bits per heavy atom. The van der Waals surface area contributed by atoms with Crippen molar-refractivity contribution in [1.82, 2.24) is 4.98 Å². The van der Waals surface area contributed by atoms with Crippen molar-refractivity contribution < 1.29 is 14.3 Å². The monoisotopic (exact) mass is 272 g/mol. The fourth-order valence-electron chi connectivity index (χ4n) is 2.67. The first-order chi connectivity index (χ1) is 9.65. The molecule has 0 amide bonds. The summed E-state index contributed by atoms with van der Waals surface area (Å²) in [6, 6.07) is 9.16. The van der Waals surface area contributed by atoms with Crippen LogP contribution in [0.1, 0.15) is 40.9 Å². The number of aromatic nitrogens is 1. The molecule has 0 radical (unpaired) electrons. The Balaban J connectivity index is 1.92. The highest BCUT2D eigenvalue weighted by atomic mass is 16.4. The Bertz CT molecular complexity index is 636. The van der Waals surface area contributed by atoms with Gasteiger partial charge in [0.2, 0.25) is 0 Å². The van der Waals surface area contributed by atoms with E-state index in [0.29, 0.717) is 5.82 Å². The second-order valence-electron chi connectivity index (χ2n) is 4.99. The van der Waals surface area contributed by atoms with E-state index in [4.69, 9.17) is 9.52 Å². The van der Waals surface area contributed by atoms with Gasteiger partial charge in [-0.3, -0.25) is 0 Å². The molecule has 0 aliphatic carbocycles. The Labute approximate surface area is 116 Å². The Morgan fingerprint density at radius 2 is 2.25 bits per heavy atom. The summed E-state index contributed by atoms with van der Waals surface area (Å²) in [6.07, 6.45) is 2.04. The molecule has 0 aromatic carbocycles. The quantitative estimate of drug-likeness (QED) is 0.930. The zero-order valence-electron chi connectivity index (χ0n) is 11.2. The van der Waals surface area contributed by atoms with Crippen molar-refractivity contribution in [2.45, 2.75) is 25.8 Å². The Kier molecular flexibility index (Phi) is 3.18. The van der Waals surface area contributed by atoms with Crippen LogP contribution in [0.25, 0.3) is 0 Å². The topological polar surface area (TPSA) is 66.6 Å². The van der Waals surface area contributed by atoms with Crippen molar-refractivity contribution in [3.05, 3.63) is 47.5 Å². The summed E-state index contributed by atoms with van der Waals surface area (Å²) < 4.78 is 5.71. The zero-order valence-corrected chi connectivity index (χ0v) is 11.2. The number of aryl methyl sites for hydroxylation is 1. The van der Waals surface area contributed by atoms with Crippen molar-refractivity contribution in [3.63, 3.8) is 0 Å². The lowest BCUT2D eigenvalue weighted by Gasteiger charge is -2.24. The van der Waals surface area contributed by atoms with Crippen molar-refractivity contribution >= 4 is 11.8 Å². The van der Waals surface area contributed by atoms with Crippen LogP contribution < -0.4 is 4.90 Å². The fraction of sp³-hybridized carbons (Fsp3) is 0.333. The van der Waals surface area contributed by atoms with Crippen LogP contribution in [0.2, 0.25) is 0 Å². The van der Waals surface area contributed by atoms with Gasteiger partial charge in [-0.15, -0.1) is 0 Å². The molecule has 3 heterocycles. The number of carboxylic acid groups (broad SMARTS) is 1. The van der Waals surface area contributed by atoms with Crippen LogP contribution in [0.4, 0.5) is 5.82 Å². The molecular weight excluding hydrogens is 256 g/mol. The van der Waals surface area contributed by atoms with Crippen LogP contribution >= 0.6 is 0 Å². The van der Waals surface area contributed by atoms with Gasteiger partial charge in [0, 0.05) is 6.54 Å². The van der Waals surface area contributed by atoms with E-state index < -0.39 is 5.97 Å². The molecule has 1 fully saturated rings. The maximum Gasteiger partial charge on any atom is 0.354 e. The lowest BCUT2D eigenvalue weighted by molar-refractivity contribution is 0.0690. The van der Waals surface area contributed by atoms with Gasteiger partial charge in [-0.2, -0.15) is 0 Å². The van der Waals surface area contributed by atoms with Gasteiger partial charge < -0.3 is 14.4 Å². The average Bonchev–Trinajstić information content (AvgIpc) is 3.07. The molecule has 5 nitrogen and oxygen atoms in total.